The monoisotopic (exact) mass is 315 g/mol. The minimum atomic E-state index is -4.19. The Balaban J connectivity index is 1.87. The highest BCUT2D eigenvalue weighted by Crippen LogP contribution is 2.18. The second kappa shape index (κ2) is 6.56. The van der Waals surface area contributed by atoms with Crippen molar-refractivity contribution in [1.29, 1.82) is 0 Å². The average Bonchev–Trinajstić information content (AvgIpc) is 2.36. The van der Waals surface area contributed by atoms with E-state index in [2.05, 4.69) is 5.32 Å². The molecule has 0 saturated carbocycles. The fourth-order valence-corrected chi connectivity index (χ4v) is 2.61. The Hall–Kier alpha value is -1.76. The van der Waals surface area contributed by atoms with Crippen molar-refractivity contribution in [2.75, 3.05) is 38.0 Å². The van der Waals surface area contributed by atoms with Crippen molar-refractivity contribution in [3.63, 3.8) is 0 Å². The number of piperazine rings is 1. The predicted molar refractivity (Wildman–Crippen MR) is 79.0 cm³/mol. The van der Waals surface area contributed by atoms with Crippen LogP contribution in [0.1, 0.15) is 11.1 Å². The highest BCUT2D eigenvalue weighted by atomic mass is 19.4. The summed E-state index contributed by atoms with van der Waals surface area (Å²) < 4.78 is 37.0. The summed E-state index contributed by atoms with van der Waals surface area (Å²) in [5.74, 6) is 0. The molecule has 1 aromatic carbocycles. The SMILES string of the molecule is Cc1cc(C)cc(NC(=O)N2CCN(CC(F)(F)F)CC2)c1. The molecule has 1 aromatic rings. The molecule has 0 bridgehead atoms. The third kappa shape index (κ3) is 4.91. The molecule has 1 aliphatic rings. The molecule has 0 radical (unpaired) electrons. The zero-order valence-corrected chi connectivity index (χ0v) is 12.7. The lowest BCUT2D eigenvalue weighted by molar-refractivity contribution is -0.148. The van der Waals surface area contributed by atoms with Crippen LogP contribution in [0.2, 0.25) is 0 Å². The minimum Gasteiger partial charge on any atom is -0.322 e. The Morgan fingerprint density at radius 1 is 1.09 bits per heavy atom. The van der Waals surface area contributed by atoms with Gasteiger partial charge in [-0.1, -0.05) is 6.07 Å². The fourth-order valence-electron chi connectivity index (χ4n) is 2.61. The van der Waals surface area contributed by atoms with E-state index in [0.717, 1.165) is 11.1 Å². The summed E-state index contributed by atoms with van der Waals surface area (Å²) in [6.07, 6.45) is -4.19. The predicted octanol–water partition coefficient (Wildman–Crippen LogP) is 3.02. The van der Waals surface area contributed by atoms with Crippen molar-refractivity contribution in [2.45, 2.75) is 20.0 Å². The summed E-state index contributed by atoms with van der Waals surface area (Å²) >= 11 is 0. The van der Waals surface area contributed by atoms with E-state index >= 15 is 0 Å². The number of alkyl halides is 3. The van der Waals surface area contributed by atoms with Crippen molar-refractivity contribution >= 4 is 11.7 Å². The highest BCUT2D eigenvalue weighted by molar-refractivity contribution is 5.89. The maximum Gasteiger partial charge on any atom is 0.401 e. The lowest BCUT2D eigenvalue weighted by atomic mass is 10.1. The molecule has 0 aliphatic carbocycles. The van der Waals surface area contributed by atoms with Gasteiger partial charge in [0, 0.05) is 31.9 Å². The van der Waals surface area contributed by atoms with Crippen LogP contribution in [-0.4, -0.2) is 54.7 Å². The number of rotatable bonds is 2. The van der Waals surface area contributed by atoms with Gasteiger partial charge in [0.05, 0.1) is 6.54 Å². The Morgan fingerprint density at radius 2 is 1.64 bits per heavy atom. The van der Waals surface area contributed by atoms with Crippen LogP contribution < -0.4 is 5.32 Å². The quantitative estimate of drug-likeness (QED) is 0.910. The Kier molecular flexibility index (Phi) is 4.95. The summed E-state index contributed by atoms with van der Waals surface area (Å²) in [6.45, 7) is 4.04. The van der Waals surface area contributed by atoms with Gasteiger partial charge in [-0.2, -0.15) is 13.2 Å². The summed E-state index contributed by atoms with van der Waals surface area (Å²) in [7, 11) is 0. The van der Waals surface area contributed by atoms with E-state index in [-0.39, 0.29) is 19.1 Å². The first-order valence-corrected chi connectivity index (χ1v) is 7.16. The average molecular weight is 315 g/mol. The first-order chi connectivity index (χ1) is 10.2. The van der Waals surface area contributed by atoms with E-state index in [0.29, 0.717) is 18.8 Å². The first kappa shape index (κ1) is 16.6. The van der Waals surface area contributed by atoms with Crippen molar-refractivity contribution in [3.8, 4) is 0 Å². The van der Waals surface area contributed by atoms with Gasteiger partial charge in [0.1, 0.15) is 0 Å². The number of hydrogen-bond acceptors (Lipinski definition) is 2. The number of urea groups is 1. The van der Waals surface area contributed by atoms with Crippen LogP contribution >= 0.6 is 0 Å². The third-order valence-electron chi connectivity index (χ3n) is 3.54. The molecule has 1 N–H and O–H groups in total. The van der Waals surface area contributed by atoms with Crippen molar-refractivity contribution in [1.82, 2.24) is 9.80 Å². The number of hydrogen-bond donors (Lipinski definition) is 1. The van der Waals surface area contributed by atoms with E-state index < -0.39 is 12.7 Å². The van der Waals surface area contributed by atoms with Gasteiger partial charge in [-0.25, -0.2) is 4.79 Å². The van der Waals surface area contributed by atoms with E-state index in [9.17, 15) is 18.0 Å². The molecule has 1 fully saturated rings. The van der Waals surface area contributed by atoms with Crippen LogP contribution in [0.4, 0.5) is 23.7 Å². The molecule has 4 nitrogen and oxygen atoms in total. The molecule has 0 atom stereocenters. The molecular formula is C15H20F3N3O. The minimum absolute atomic E-state index is 0.236. The van der Waals surface area contributed by atoms with Gasteiger partial charge in [-0.15, -0.1) is 0 Å². The number of halogens is 3. The number of carbonyl (C=O) groups excluding carboxylic acids is 1. The second-order valence-electron chi connectivity index (χ2n) is 5.68. The zero-order chi connectivity index (χ0) is 16.3. The van der Waals surface area contributed by atoms with E-state index in [4.69, 9.17) is 0 Å². The summed E-state index contributed by atoms with van der Waals surface area (Å²) in [5.41, 5.74) is 2.80. The number of anilines is 1. The molecule has 2 amide bonds. The van der Waals surface area contributed by atoms with Crippen LogP contribution in [0, 0.1) is 13.8 Å². The summed E-state index contributed by atoms with van der Waals surface area (Å²) in [5, 5.41) is 2.80. The van der Waals surface area contributed by atoms with Crippen LogP contribution in [0.5, 0.6) is 0 Å². The van der Waals surface area contributed by atoms with E-state index in [1.165, 1.54) is 4.90 Å². The van der Waals surface area contributed by atoms with Crippen LogP contribution in [0.15, 0.2) is 18.2 Å². The van der Waals surface area contributed by atoms with Gasteiger partial charge in [-0.05, 0) is 37.1 Å². The van der Waals surface area contributed by atoms with Gasteiger partial charge in [-0.3, -0.25) is 4.90 Å². The molecule has 1 aliphatic heterocycles. The number of nitrogens with one attached hydrogen (secondary N) is 1. The van der Waals surface area contributed by atoms with Crippen LogP contribution in [-0.2, 0) is 0 Å². The molecule has 7 heteroatoms. The molecule has 22 heavy (non-hydrogen) atoms. The molecular weight excluding hydrogens is 295 g/mol. The smallest absolute Gasteiger partial charge is 0.322 e. The molecule has 2 rings (SSSR count). The second-order valence-corrected chi connectivity index (χ2v) is 5.68. The van der Waals surface area contributed by atoms with Crippen molar-refractivity contribution in [2.24, 2.45) is 0 Å². The van der Waals surface area contributed by atoms with Crippen molar-refractivity contribution in [3.05, 3.63) is 29.3 Å². The highest BCUT2D eigenvalue weighted by Gasteiger charge is 2.32. The summed E-state index contributed by atoms with van der Waals surface area (Å²) in [4.78, 5) is 15.0. The lowest BCUT2D eigenvalue weighted by Crippen LogP contribution is -2.51. The standard InChI is InChI=1S/C15H20F3N3O/c1-11-7-12(2)9-13(8-11)19-14(22)21-5-3-20(4-6-21)10-15(16,17)18/h7-9H,3-6,10H2,1-2H3,(H,19,22). The lowest BCUT2D eigenvalue weighted by Gasteiger charge is -2.34. The van der Waals surface area contributed by atoms with Gasteiger partial charge >= 0.3 is 12.2 Å². The van der Waals surface area contributed by atoms with Crippen LogP contribution in [0.25, 0.3) is 0 Å². The maximum atomic E-state index is 12.3. The van der Waals surface area contributed by atoms with Gasteiger partial charge in [0.2, 0.25) is 0 Å². The number of aryl methyl sites for hydroxylation is 2. The Bertz CT molecular complexity index is 517. The van der Waals surface area contributed by atoms with Crippen LogP contribution in [0.3, 0.4) is 0 Å². The third-order valence-corrected chi connectivity index (χ3v) is 3.54. The topological polar surface area (TPSA) is 35.6 Å². The Labute approximate surface area is 127 Å². The number of nitrogens with zero attached hydrogens (tertiary/aromatic N) is 2. The maximum absolute atomic E-state index is 12.3. The molecule has 0 unspecified atom stereocenters. The molecule has 0 spiro atoms. The normalized spacial score (nSPS) is 16.7. The summed E-state index contributed by atoms with van der Waals surface area (Å²) in [6, 6.07) is 5.47. The van der Waals surface area contributed by atoms with E-state index in [1.54, 1.807) is 4.90 Å². The van der Waals surface area contributed by atoms with E-state index in [1.807, 2.05) is 32.0 Å². The zero-order valence-electron chi connectivity index (χ0n) is 12.7. The Morgan fingerprint density at radius 3 is 2.14 bits per heavy atom. The molecule has 122 valence electrons. The number of carbonyl (C=O) groups is 1. The number of amides is 2. The number of benzene rings is 1. The van der Waals surface area contributed by atoms with Gasteiger partial charge < -0.3 is 10.2 Å². The van der Waals surface area contributed by atoms with Gasteiger partial charge in [0.25, 0.3) is 0 Å². The first-order valence-electron chi connectivity index (χ1n) is 7.16. The molecule has 1 saturated heterocycles. The molecule has 0 aromatic heterocycles. The molecule has 1 heterocycles. The van der Waals surface area contributed by atoms with Gasteiger partial charge in [0.15, 0.2) is 0 Å². The fraction of sp³-hybridized carbons (Fsp3) is 0.533. The largest absolute Gasteiger partial charge is 0.401 e. The van der Waals surface area contributed by atoms with Crippen molar-refractivity contribution < 1.29 is 18.0 Å².